The van der Waals surface area contributed by atoms with Crippen molar-refractivity contribution in [2.75, 3.05) is 6.54 Å². The Kier molecular flexibility index (Phi) is 5.78. The van der Waals surface area contributed by atoms with Gasteiger partial charge in [0.1, 0.15) is 5.75 Å². The lowest BCUT2D eigenvalue weighted by Gasteiger charge is -2.15. The molecule has 0 aliphatic rings. The Morgan fingerprint density at radius 3 is 2.84 bits per heavy atom. The molecule has 3 aromatic rings. The van der Waals surface area contributed by atoms with Gasteiger partial charge in [0.25, 0.3) is 5.91 Å². The molecule has 1 atom stereocenters. The average Bonchev–Trinajstić information content (AvgIpc) is 3.00. The molecule has 0 saturated carbocycles. The zero-order chi connectivity index (χ0) is 17.8. The Bertz CT molecular complexity index is 865. The first-order chi connectivity index (χ1) is 12.0. The smallest absolute Gasteiger partial charge is 0.260 e. The van der Waals surface area contributed by atoms with Crippen LogP contribution in [0, 0.1) is 0 Å². The lowest BCUT2D eigenvalue weighted by Crippen LogP contribution is -2.37. The molecule has 0 spiro atoms. The maximum Gasteiger partial charge on any atom is 0.260 e. The van der Waals surface area contributed by atoms with Crippen molar-refractivity contribution >= 4 is 50.7 Å². The molecule has 0 aliphatic heterocycles. The summed E-state index contributed by atoms with van der Waals surface area (Å²) < 4.78 is 6.75. The summed E-state index contributed by atoms with van der Waals surface area (Å²) in [5.74, 6) is 0.229. The van der Waals surface area contributed by atoms with Crippen LogP contribution in [0.25, 0.3) is 10.2 Å². The standard InChI is InChI=1S/C18H16Cl2N2O2S/c1-11(24-15-7-6-12(19)10-13(15)20)18(23)21-9-8-17-22-14-4-2-3-5-16(14)25-17/h2-7,10-11H,8-9H2,1H3,(H,21,23). The van der Waals surface area contributed by atoms with E-state index in [-0.39, 0.29) is 5.91 Å². The number of halogens is 2. The minimum atomic E-state index is -0.658. The maximum absolute atomic E-state index is 12.2. The number of thiazole rings is 1. The van der Waals surface area contributed by atoms with Gasteiger partial charge in [0.05, 0.1) is 20.2 Å². The van der Waals surface area contributed by atoms with E-state index < -0.39 is 6.10 Å². The monoisotopic (exact) mass is 394 g/mol. The highest BCUT2D eigenvalue weighted by Crippen LogP contribution is 2.28. The number of ether oxygens (including phenoxy) is 1. The third-order valence-electron chi connectivity index (χ3n) is 3.54. The van der Waals surface area contributed by atoms with Crippen molar-refractivity contribution in [3.05, 3.63) is 57.5 Å². The molecule has 0 fully saturated rings. The molecule has 4 nitrogen and oxygen atoms in total. The van der Waals surface area contributed by atoms with E-state index in [0.29, 0.717) is 28.8 Å². The van der Waals surface area contributed by atoms with Crippen LogP contribution in [0.3, 0.4) is 0 Å². The van der Waals surface area contributed by atoms with Gasteiger partial charge in [0, 0.05) is 18.0 Å². The Morgan fingerprint density at radius 2 is 2.08 bits per heavy atom. The zero-order valence-corrected chi connectivity index (χ0v) is 15.8. The quantitative estimate of drug-likeness (QED) is 0.657. The highest BCUT2D eigenvalue weighted by Gasteiger charge is 2.16. The van der Waals surface area contributed by atoms with Crippen LogP contribution in [0.2, 0.25) is 10.0 Å². The summed E-state index contributed by atoms with van der Waals surface area (Å²) in [4.78, 5) is 16.7. The van der Waals surface area contributed by atoms with E-state index in [0.717, 1.165) is 15.2 Å². The van der Waals surface area contributed by atoms with Crippen LogP contribution in [-0.2, 0) is 11.2 Å². The molecule has 25 heavy (non-hydrogen) atoms. The van der Waals surface area contributed by atoms with Crippen LogP contribution in [-0.4, -0.2) is 23.5 Å². The fraction of sp³-hybridized carbons (Fsp3) is 0.222. The third-order valence-corrected chi connectivity index (χ3v) is 5.17. The van der Waals surface area contributed by atoms with Gasteiger partial charge in [-0.15, -0.1) is 11.3 Å². The van der Waals surface area contributed by atoms with Crippen LogP contribution < -0.4 is 10.1 Å². The number of carbonyl (C=O) groups excluding carboxylic acids is 1. The molecule has 0 radical (unpaired) electrons. The number of amides is 1. The molecule has 0 bridgehead atoms. The molecule has 1 amide bonds. The first-order valence-electron chi connectivity index (χ1n) is 7.77. The number of fused-ring (bicyclic) bond motifs is 1. The van der Waals surface area contributed by atoms with Gasteiger partial charge in [-0.3, -0.25) is 4.79 Å². The summed E-state index contributed by atoms with van der Waals surface area (Å²) in [6.45, 7) is 2.18. The molecule has 0 saturated heterocycles. The summed E-state index contributed by atoms with van der Waals surface area (Å²) in [6.07, 6.45) is 0.0218. The van der Waals surface area contributed by atoms with Crippen LogP contribution in [0.15, 0.2) is 42.5 Å². The van der Waals surface area contributed by atoms with Gasteiger partial charge in [-0.05, 0) is 37.3 Å². The second-order valence-corrected chi connectivity index (χ2v) is 7.41. The van der Waals surface area contributed by atoms with Gasteiger partial charge in [0.15, 0.2) is 6.10 Å². The van der Waals surface area contributed by atoms with Gasteiger partial charge in [-0.2, -0.15) is 0 Å². The van der Waals surface area contributed by atoms with E-state index in [4.69, 9.17) is 27.9 Å². The molecule has 0 aliphatic carbocycles. The first-order valence-corrected chi connectivity index (χ1v) is 9.34. The first kappa shape index (κ1) is 18.0. The second-order valence-electron chi connectivity index (χ2n) is 5.45. The lowest BCUT2D eigenvalue weighted by molar-refractivity contribution is -0.127. The molecule has 1 unspecified atom stereocenters. The largest absolute Gasteiger partial charge is 0.479 e. The van der Waals surface area contributed by atoms with Crippen molar-refractivity contribution in [1.29, 1.82) is 0 Å². The number of hydrogen-bond donors (Lipinski definition) is 1. The Labute approximate surface area is 159 Å². The molecule has 2 aromatic carbocycles. The highest BCUT2D eigenvalue weighted by atomic mass is 35.5. The molecule has 3 rings (SSSR count). The van der Waals surface area contributed by atoms with Gasteiger partial charge < -0.3 is 10.1 Å². The molecule has 7 heteroatoms. The number of para-hydroxylation sites is 1. The summed E-state index contributed by atoms with van der Waals surface area (Å²) in [5, 5.41) is 4.75. The number of aromatic nitrogens is 1. The Hall–Kier alpha value is -1.82. The van der Waals surface area contributed by atoms with E-state index >= 15 is 0 Å². The van der Waals surface area contributed by atoms with Crippen molar-refractivity contribution < 1.29 is 9.53 Å². The molecular formula is C18H16Cl2N2O2S. The fourth-order valence-electron chi connectivity index (χ4n) is 2.28. The molecule has 1 heterocycles. The molecular weight excluding hydrogens is 379 g/mol. The minimum Gasteiger partial charge on any atom is -0.479 e. The predicted octanol–water partition coefficient (Wildman–Crippen LogP) is 4.73. The highest BCUT2D eigenvalue weighted by molar-refractivity contribution is 7.18. The van der Waals surface area contributed by atoms with E-state index in [1.54, 1.807) is 36.5 Å². The number of rotatable bonds is 6. The van der Waals surface area contributed by atoms with Crippen LogP contribution in [0.4, 0.5) is 0 Å². The third kappa shape index (κ3) is 4.63. The van der Waals surface area contributed by atoms with Gasteiger partial charge in [-0.25, -0.2) is 4.98 Å². The number of carbonyl (C=O) groups is 1. The van der Waals surface area contributed by atoms with Gasteiger partial charge >= 0.3 is 0 Å². The van der Waals surface area contributed by atoms with Crippen molar-refractivity contribution in [2.24, 2.45) is 0 Å². The number of nitrogens with one attached hydrogen (secondary N) is 1. The van der Waals surface area contributed by atoms with E-state index in [2.05, 4.69) is 10.3 Å². The zero-order valence-electron chi connectivity index (χ0n) is 13.5. The van der Waals surface area contributed by atoms with E-state index in [1.807, 2.05) is 24.3 Å². The summed E-state index contributed by atoms with van der Waals surface area (Å²) >= 11 is 13.5. The van der Waals surface area contributed by atoms with Crippen LogP contribution in [0.5, 0.6) is 5.75 Å². The Morgan fingerprint density at radius 1 is 1.28 bits per heavy atom. The minimum absolute atomic E-state index is 0.202. The second kappa shape index (κ2) is 8.04. The fourth-order valence-corrected chi connectivity index (χ4v) is 3.70. The van der Waals surface area contributed by atoms with Crippen LogP contribution >= 0.6 is 34.5 Å². The van der Waals surface area contributed by atoms with Crippen molar-refractivity contribution in [1.82, 2.24) is 10.3 Å². The molecule has 1 N–H and O–H groups in total. The lowest BCUT2D eigenvalue weighted by atomic mass is 10.3. The van der Waals surface area contributed by atoms with Crippen molar-refractivity contribution in [2.45, 2.75) is 19.4 Å². The van der Waals surface area contributed by atoms with E-state index in [9.17, 15) is 4.79 Å². The van der Waals surface area contributed by atoms with Crippen molar-refractivity contribution in [3.8, 4) is 5.75 Å². The molecule has 1 aromatic heterocycles. The number of nitrogens with zero attached hydrogens (tertiary/aromatic N) is 1. The van der Waals surface area contributed by atoms with E-state index in [1.165, 1.54) is 0 Å². The number of benzene rings is 2. The SMILES string of the molecule is CC(Oc1ccc(Cl)cc1Cl)C(=O)NCCc1nc2ccccc2s1. The predicted molar refractivity (Wildman–Crippen MR) is 103 cm³/mol. The van der Waals surface area contributed by atoms with Crippen molar-refractivity contribution in [3.63, 3.8) is 0 Å². The maximum atomic E-state index is 12.2. The topological polar surface area (TPSA) is 51.2 Å². The van der Waals surface area contributed by atoms with Crippen LogP contribution in [0.1, 0.15) is 11.9 Å². The number of hydrogen-bond acceptors (Lipinski definition) is 4. The normalized spacial score (nSPS) is 12.1. The average molecular weight is 395 g/mol. The summed E-state index contributed by atoms with van der Waals surface area (Å²) in [7, 11) is 0. The van der Waals surface area contributed by atoms with Gasteiger partial charge in [-0.1, -0.05) is 35.3 Å². The summed E-state index contributed by atoms with van der Waals surface area (Å²) in [5.41, 5.74) is 0.989. The van der Waals surface area contributed by atoms with Gasteiger partial charge in [0.2, 0.25) is 0 Å². The summed E-state index contributed by atoms with van der Waals surface area (Å²) in [6, 6.07) is 12.9. The molecule has 130 valence electrons. The Balaban J connectivity index is 1.51.